The summed E-state index contributed by atoms with van der Waals surface area (Å²) in [4.78, 5) is 13.4. The SMILES string of the molecule is CCC(CC(=O)c1ccccc1)c1cccs1. The van der Waals surface area contributed by atoms with Gasteiger partial charge in [-0.25, -0.2) is 0 Å². The normalized spacial score (nSPS) is 12.3. The van der Waals surface area contributed by atoms with Gasteiger partial charge in [0.1, 0.15) is 0 Å². The molecule has 1 atom stereocenters. The van der Waals surface area contributed by atoms with E-state index in [1.54, 1.807) is 11.3 Å². The number of hydrogen-bond acceptors (Lipinski definition) is 2. The van der Waals surface area contributed by atoms with Gasteiger partial charge in [-0.1, -0.05) is 43.3 Å². The fourth-order valence-corrected chi connectivity index (χ4v) is 2.85. The lowest BCUT2D eigenvalue weighted by molar-refractivity contribution is 0.0973. The first-order chi connectivity index (χ1) is 8.31. The summed E-state index contributed by atoms with van der Waals surface area (Å²) in [5.41, 5.74) is 0.822. The summed E-state index contributed by atoms with van der Waals surface area (Å²) in [5.74, 6) is 0.605. The van der Waals surface area contributed by atoms with Crippen LogP contribution in [0.2, 0.25) is 0 Å². The lowest BCUT2D eigenvalue weighted by Crippen LogP contribution is -2.05. The van der Waals surface area contributed by atoms with Crippen molar-refractivity contribution in [3.8, 4) is 0 Å². The molecule has 1 heterocycles. The molecule has 0 aliphatic heterocycles. The molecule has 0 aliphatic rings. The fraction of sp³-hybridized carbons (Fsp3) is 0.267. The number of carbonyl (C=O) groups excluding carboxylic acids is 1. The third-order valence-electron chi connectivity index (χ3n) is 2.97. The van der Waals surface area contributed by atoms with E-state index in [1.165, 1.54) is 4.88 Å². The highest BCUT2D eigenvalue weighted by atomic mass is 32.1. The minimum atomic E-state index is 0.242. The van der Waals surface area contributed by atoms with Crippen molar-refractivity contribution in [3.05, 3.63) is 58.3 Å². The van der Waals surface area contributed by atoms with E-state index in [-0.39, 0.29) is 5.78 Å². The van der Waals surface area contributed by atoms with Crippen LogP contribution in [0.15, 0.2) is 47.8 Å². The molecule has 17 heavy (non-hydrogen) atoms. The summed E-state index contributed by atoms with van der Waals surface area (Å²) in [6.45, 7) is 2.14. The van der Waals surface area contributed by atoms with Crippen LogP contribution in [0.3, 0.4) is 0 Å². The van der Waals surface area contributed by atoms with Crippen molar-refractivity contribution < 1.29 is 4.79 Å². The van der Waals surface area contributed by atoms with Crippen molar-refractivity contribution in [1.82, 2.24) is 0 Å². The molecule has 1 aromatic carbocycles. The molecular weight excluding hydrogens is 228 g/mol. The van der Waals surface area contributed by atoms with Crippen molar-refractivity contribution >= 4 is 17.1 Å². The first-order valence-electron chi connectivity index (χ1n) is 5.93. The number of rotatable bonds is 5. The molecule has 1 unspecified atom stereocenters. The van der Waals surface area contributed by atoms with Crippen LogP contribution in [0.1, 0.15) is 40.9 Å². The van der Waals surface area contributed by atoms with Crippen LogP contribution in [-0.4, -0.2) is 5.78 Å². The Morgan fingerprint density at radius 3 is 2.53 bits per heavy atom. The molecule has 88 valence electrons. The van der Waals surface area contributed by atoms with Gasteiger partial charge in [0.25, 0.3) is 0 Å². The topological polar surface area (TPSA) is 17.1 Å². The predicted molar refractivity (Wildman–Crippen MR) is 72.7 cm³/mol. The van der Waals surface area contributed by atoms with Crippen molar-refractivity contribution in [2.24, 2.45) is 0 Å². The molecule has 2 heteroatoms. The molecule has 1 nitrogen and oxygen atoms in total. The summed E-state index contributed by atoms with van der Waals surface area (Å²) in [7, 11) is 0. The van der Waals surface area contributed by atoms with E-state index in [0.717, 1.165) is 12.0 Å². The predicted octanol–water partition coefficient (Wildman–Crippen LogP) is 4.51. The van der Waals surface area contributed by atoms with Crippen molar-refractivity contribution in [2.75, 3.05) is 0 Å². The highest BCUT2D eigenvalue weighted by Gasteiger charge is 2.16. The average Bonchev–Trinajstić information content (AvgIpc) is 2.90. The van der Waals surface area contributed by atoms with Gasteiger partial charge in [-0.3, -0.25) is 4.79 Å². The molecule has 0 bridgehead atoms. The summed E-state index contributed by atoms with van der Waals surface area (Å²) >= 11 is 1.74. The zero-order valence-corrected chi connectivity index (χ0v) is 10.7. The molecular formula is C15H16OS. The molecule has 0 N–H and O–H groups in total. The Bertz CT molecular complexity index is 459. The van der Waals surface area contributed by atoms with Gasteiger partial charge in [0.05, 0.1) is 0 Å². The second-order valence-corrected chi connectivity index (χ2v) is 5.09. The quantitative estimate of drug-likeness (QED) is 0.707. The van der Waals surface area contributed by atoms with Crippen LogP contribution in [0.4, 0.5) is 0 Å². The van der Waals surface area contributed by atoms with Crippen LogP contribution in [0.5, 0.6) is 0 Å². The number of ketones is 1. The minimum Gasteiger partial charge on any atom is -0.294 e. The summed E-state index contributed by atoms with van der Waals surface area (Å²) in [6.07, 6.45) is 1.63. The molecule has 2 aromatic rings. The van der Waals surface area contributed by atoms with E-state index in [9.17, 15) is 4.79 Å². The monoisotopic (exact) mass is 244 g/mol. The fourth-order valence-electron chi connectivity index (χ4n) is 1.94. The van der Waals surface area contributed by atoms with Gasteiger partial charge in [-0.2, -0.15) is 0 Å². The highest BCUT2D eigenvalue weighted by molar-refractivity contribution is 7.10. The van der Waals surface area contributed by atoms with Crippen molar-refractivity contribution in [1.29, 1.82) is 0 Å². The first-order valence-corrected chi connectivity index (χ1v) is 6.81. The summed E-state index contributed by atoms with van der Waals surface area (Å²) in [5, 5.41) is 2.07. The molecule has 0 amide bonds. The maximum Gasteiger partial charge on any atom is 0.163 e. The van der Waals surface area contributed by atoms with Gasteiger partial charge < -0.3 is 0 Å². The molecule has 0 spiro atoms. The molecule has 0 radical (unpaired) electrons. The molecule has 1 aromatic heterocycles. The van der Waals surface area contributed by atoms with E-state index >= 15 is 0 Å². The summed E-state index contributed by atoms with van der Waals surface area (Å²) < 4.78 is 0. The van der Waals surface area contributed by atoms with E-state index in [0.29, 0.717) is 12.3 Å². The standard InChI is InChI=1S/C15H16OS/c1-2-12(15-9-6-10-17-15)11-14(16)13-7-4-3-5-8-13/h3-10,12H,2,11H2,1H3. The highest BCUT2D eigenvalue weighted by Crippen LogP contribution is 2.28. The Hall–Kier alpha value is -1.41. The molecule has 0 saturated heterocycles. The van der Waals surface area contributed by atoms with Gasteiger partial charge in [-0.05, 0) is 17.9 Å². The third-order valence-corrected chi connectivity index (χ3v) is 4.00. The van der Waals surface area contributed by atoms with Crippen LogP contribution in [-0.2, 0) is 0 Å². The van der Waals surface area contributed by atoms with Crippen LogP contribution in [0.25, 0.3) is 0 Å². The smallest absolute Gasteiger partial charge is 0.163 e. The maximum atomic E-state index is 12.1. The summed E-state index contributed by atoms with van der Waals surface area (Å²) in [6, 6.07) is 13.7. The minimum absolute atomic E-state index is 0.242. The number of carbonyl (C=O) groups is 1. The van der Waals surface area contributed by atoms with E-state index in [4.69, 9.17) is 0 Å². The molecule has 0 saturated carbocycles. The van der Waals surface area contributed by atoms with Gasteiger partial charge in [0.15, 0.2) is 5.78 Å². The molecule has 0 aliphatic carbocycles. The first kappa shape index (κ1) is 12.1. The average molecular weight is 244 g/mol. The van der Waals surface area contributed by atoms with E-state index in [2.05, 4.69) is 24.4 Å². The van der Waals surface area contributed by atoms with E-state index < -0.39 is 0 Å². The van der Waals surface area contributed by atoms with Crippen molar-refractivity contribution in [3.63, 3.8) is 0 Å². The molecule has 2 rings (SSSR count). The van der Waals surface area contributed by atoms with Crippen LogP contribution in [0, 0.1) is 0 Å². The van der Waals surface area contributed by atoms with Gasteiger partial charge >= 0.3 is 0 Å². The van der Waals surface area contributed by atoms with Gasteiger partial charge in [0.2, 0.25) is 0 Å². The Morgan fingerprint density at radius 2 is 1.94 bits per heavy atom. The third kappa shape index (κ3) is 3.04. The number of Topliss-reactive ketones (excluding diaryl/α,β-unsaturated/α-hetero) is 1. The van der Waals surface area contributed by atoms with Crippen LogP contribution >= 0.6 is 11.3 Å². The Morgan fingerprint density at radius 1 is 1.18 bits per heavy atom. The van der Waals surface area contributed by atoms with E-state index in [1.807, 2.05) is 30.3 Å². The molecule has 0 fully saturated rings. The van der Waals surface area contributed by atoms with Crippen molar-refractivity contribution in [2.45, 2.75) is 25.7 Å². The lowest BCUT2D eigenvalue weighted by Gasteiger charge is -2.11. The second-order valence-electron chi connectivity index (χ2n) is 4.11. The van der Waals surface area contributed by atoms with Gasteiger partial charge in [0, 0.05) is 22.8 Å². The number of benzene rings is 1. The Balaban J connectivity index is 2.08. The maximum absolute atomic E-state index is 12.1. The lowest BCUT2D eigenvalue weighted by atomic mass is 9.95. The second kappa shape index (κ2) is 5.78. The zero-order valence-electron chi connectivity index (χ0n) is 9.93. The largest absolute Gasteiger partial charge is 0.294 e. The number of hydrogen-bond donors (Lipinski definition) is 0. The number of thiophene rings is 1. The zero-order chi connectivity index (χ0) is 12.1. The Labute approximate surface area is 106 Å². The van der Waals surface area contributed by atoms with Gasteiger partial charge in [-0.15, -0.1) is 11.3 Å². The van der Waals surface area contributed by atoms with Crippen LogP contribution < -0.4 is 0 Å². The Kier molecular flexibility index (Phi) is 4.10.